The van der Waals surface area contributed by atoms with E-state index in [9.17, 15) is 9.18 Å². The second kappa shape index (κ2) is 7.18. The van der Waals surface area contributed by atoms with E-state index in [-0.39, 0.29) is 18.2 Å². The molecule has 2 aromatic heterocycles. The Bertz CT molecular complexity index is 974. The highest BCUT2D eigenvalue weighted by molar-refractivity contribution is 5.48. The van der Waals surface area contributed by atoms with Crippen LogP contribution < -0.4 is 15.5 Å². The van der Waals surface area contributed by atoms with E-state index in [1.165, 1.54) is 23.0 Å². The molecule has 1 saturated heterocycles. The van der Waals surface area contributed by atoms with Gasteiger partial charge in [-0.15, -0.1) is 0 Å². The summed E-state index contributed by atoms with van der Waals surface area (Å²) in [6.07, 6.45) is 3.20. The van der Waals surface area contributed by atoms with Gasteiger partial charge in [-0.1, -0.05) is 0 Å². The van der Waals surface area contributed by atoms with Gasteiger partial charge < -0.3 is 9.80 Å². The highest BCUT2D eigenvalue weighted by atomic mass is 19.1. The molecule has 0 aliphatic carbocycles. The SMILES string of the molecule is Cc1ccnn1Cn1cnc(N2CCN(c3ccc(F)cc3)CC2)nc1=O. The standard InChI is InChI=1S/C18H20FN7O/c1-14-6-7-21-26(14)13-25-12-20-17(22-18(25)27)24-10-8-23(9-11-24)16-4-2-15(19)3-5-16/h2-7,12H,8-11,13H2,1H3. The number of hydrogen-bond donors (Lipinski definition) is 0. The molecule has 140 valence electrons. The minimum Gasteiger partial charge on any atom is -0.368 e. The molecular weight excluding hydrogens is 349 g/mol. The first-order valence-electron chi connectivity index (χ1n) is 8.77. The third-order valence-corrected chi connectivity index (χ3v) is 4.72. The van der Waals surface area contributed by atoms with Crippen molar-refractivity contribution in [2.45, 2.75) is 13.6 Å². The van der Waals surface area contributed by atoms with E-state index >= 15 is 0 Å². The lowest BCUT2D eigenvalue weighted by Crippen LogP contribution is -2.47. The summed E-state index contributed by atoms with van der Waals surface area (Å²) in [7, 11) is 0. The van der Waals surface area contributed by atoms with Crippen LogP contribution in [0.1, 0.15) is 5.69 Å². The fourth-order valence-corrected chi connectivity index (χ4v) is 3.11. The van der Waals surface area contributed by atoms with Crippen molar-refractivity contribution in [2.24, 2.45) is 0 Å². The zero-order valence-electron chi connectivity index (χ0n) is 15.0. The van der Waals surface area contributed by atoms with Gasteiger partial charge in [0, 0.05) is 43.8 Å². The first kappa shape index (κ1) is 17.2. The molecule has 8 nitrogen and oxygen atoms in total. The van der Waals surface area contributed by atoms with Crippen molar-refractivity contribution in [2.75, 3.05) is 36.0 Å². The summed E-state index contributed by atoms with van der Waals surface area (Å²) in [4.78, 5) is 25.0. The average Bonchev–Trinajstić information content (AvgIpc) is 3.09. The lowest BCUT2D eigenvalue weighted by Gasteiger charge is -2.36. The molecule has 1 aromatic carbocycles. The molecular formula is C18H20FN7O. The average molecular weight is 369 g/mol. The first-order valence-corrected chi connectivity index (χ1v) is 8.77. The van der Waals surface area contributed by atoms with Crippen LogP contribution in [0.15, 0.2) is 47.7 Å². The van der Waals surface area contributed by atoms with Crippen molar-refractivity contribution in [3.8, 4) is 0 Å². The van der Waals surface area contributed by atoms with Crippen molar-refractivity contribution in [3.63, 3.8) is 0 Å². The summed E-state index contributed by atoms with van der Waals surface area (Å²) < 4.78 is 16.2. The van der Waals surface area contributed by atoms with E-state index in [4.69, 9.17) is 0 Å². The monoisotopic (exact) mass is 369 g/mol. The summed E-state index contributed by atoms with van der Waals surface area (Å²) >= 11 is 0. The van der Waals surface area contributed by atoms with Crippen LogP contribution in [0.3, 0.4) is 0 Å². The van der Waals surface area contributed by atoms with Crippen molar-refractivity contribution in [1.82, 2.24) is 24.3 Å². The Morgan fingerprint density at radius 3 is 2.37 bits per heavy atom. The molecule has 0 amide bonds. The minimum absolute atomic E-state index is 0.239. The Balaban J connectivity index is 1.42. The van der Waals surface area contributed by atoms with Crippen LogP contribution in [0.2, 0.25) is 0 Å². The zero-order chi connectivity index (χ0) is 18.8. The normalized spacial score (nSPS) is 14.6. The predicted molar refractivity (Wildman–Crippen MR) is 99.5 cm³/mol. The summed E-state index contributed by atoms with van der Waals surface area (Å²) in [5.74, 6) is 0.198. The van der Waals surface area contributed by atoms with Gasteiger partial charge in [0.15, 0.2) is 0 Å². The Kier molecular flexibility index (Phi) is 4.57. The number of hydrogen-bond acceptors (Lipinski definition) is 6. The topological polar surface area (TPSA) is 72.1 Å². The maximum Gasteiger partial charge on any atom is 0.353 e. The van der Waals surface area contributed by atoms with Gasteiger partial charge in [-0.05, 0) is 37.3 Å². The maximum absolute atomic E-state index is 13.1. The van der Waals surface area contributed by atoms with Crippen molar-refractivity contribution < 1.29 is 4.39 Å². The van der Waals surface area contributed by atoms with E-state index in [1.54, 1.807) is 23.0 Å². The summed E-state index contributed by atoms with van der Waals surface area (Å²) in [6.45, 7) is 5.11. The molecule has 1 fully saturated rings. The number of nitrogens with zero attached hydrogens (tertiary/aromatic N) is 7. The Labute approximate surface area is 155 Å². The van der Waals surface area contributed by atoms with Crippen LogP contribution in [-0.4, -0.2) is 50.5 Å². The van der Waals surface area contributed by atoms with Gasteiger partial charge in [0.2, 0.25) is 5.95 Å². The van der Waals surface area contributed by atoms with E-state index in [0.29, 0.717) is 19.0 Å². The van der Waals surface area contributed by atoms with Gasteiger partial charge in [0.1, 0.15) is 18.8 Å². The fraction of sp³-hybridized carbons (Fsp3) is 0.333. The molecule has 1 aliphatic heterocycles. The number of aryl methyl sites for hydroxylation is 1. The molecule has 0 saturated carbocycles. The van der Waals surface area contributed by atoms with Crippen LogP contribution in [0.5, 0.6) is 0 Å². The van der Waals surface area contributed by atoms with E-state index in [0.717, 1.165) is 24.5 Å². The molecule has 0 atom stereocenters. The molecule has 0 spiro atoms. The second-order valence-corrected chi connectivity index (χ2v) is 6.47. The highest BCUT2D eigenvalue weighted by Crippen LogP contribution is 2.18. The Morgan fingerprint density at radius 2 is 1.74 bits per heavy atom. The number of aromatic nitrogens is 5. The maximum atomic E-state index is 13.1. The first-order chi connectivity index (χ1) is 13.1. The van der Waals surface area contributed by atoms with E-state index in [1.807, 2.05) is 17.9 Å². The van der Waals surface area contributed by atoms with Gasteiger partial charge in [-0.3, -0.25) is 4.57 Å². The predicted octanol–water partition coefficient (Wildman–Crippen LogP) is 1.11. The Morgan fingerprint density at radius 1 is 1.04 bits per heavy atom. The lowest BCUT2D eigenvalue weighted by molar-refractivity contribution is 0.504. The van der Waals surface area contributed by atoms with Gasteiger partial charge in [-0.25, -0.2) is 18.9 Å². The molecule has 0 N–H and O–H groups in total. The molecule has 4 rings (SSSR count). The number of piperazine rings is 1. The second-order valence-electron chi connectivity index (χ2n) is 6.47. The van der Waals surface area contributed by atoms with Crippen LogP contribution in [0.4, 0.5) is 16.0 Å². The van der Waals surface area contributed by atoms with Gasteiger partial charge in [-0.2, -0.15) is 10.1 Å². The van der Waals surface area contributed by atoms with Crippen molar-refractivity contribution in [1.29, 1.82) is 0 Å². The fourth-order valence-electron chi connectivity index (χ4n) is 3.11. The highest BCUT2D eigenvalue weighted by Gasteiger charge is 2.20. The largest absolute Gasteiger partial charge is 0.368 e. The number of halogens is 1. The van der Waals surface area contributed by atoms with Gasteiger partial charge >= 0.3 is 5.69 Å². The molecule has 27 heavy (non-hydrogen) atoms. The molecule has 1 aliphatic rings. The summed E-state index contributed by atoms with van der Waals surface area (Å²) in [6, 6.07) is 8.36. The quantitative estimate of drug-likeness (QED) is 0.686. The van der Waals surface area contributed by atoms with Crippen molar-refractivity contribution in [3.05, 3.63) is 64.9 Å². The minimum atomic E-state index is -0.351. The van der Waals surface area contributed by atoms with E-state index < -0.39 is 0 Å². The van der Waals surface area contributed by atoms with Crippen LogP contribution in [0, 0.1) is 12.7 Å². The number of anilines is 2. The number of benzene rings is 1. The molecule has 9 heteroatoms. The van der Waals surface area contributed by atoms with E-state index in [2.05, 4.69) is 20.0 Å². The number of rotatable bonds is 4. The molecule has 0 radical (unpaired) electrons. The molecule has 0 bridgehead atoms. The molecule has 3 heterocycles. The smallest absolute Gasteiger partial charge is 0.353 e. The van der Waals surface area contributed by atoms with Crippen LogP contribution >= 0.6 is 0 Å². The van der Waals surface area contributed by atoms with Crippen LogP contribution in [0.25, 0.3) is 0 Å². The van der Waals surface area contributed by atoms with Crippen molar-refractivity contribution >= 4 is 11.6 Å². The summed E-state index contributed by atoms with van der Waals surface area (Å²) in [5, 5.41) is 4.17. The van der Waals surface area contributed by atoms with Crippen LogP contribution in [-0.2, 0) is 6.67 Å². The molecule has 0 unspecified atom stereocenters. The third-order valence-electron chi connectivity index (χ3n) is 4.72. The van der Waals surface area contributed by atoms with Gasteiger partial charge in [0.25, 0.3) is 0 Å². The Hall–Kier alpha value is -3.23. The molecule has 3 aromatic rings. The van der Waals surface area contributed by atoms with Gasteiger partial charge in [0.05, 0.1) is 0 Å². The zero-order valence-corrected chi connectivity index (χ0v) is 15.0. The summed E-state index contributed by atoms with van der Waals surface area (Å²) in [5.41, 5.74) is 1.60. The third kappa shape index (κ3) is 3.67. The lowest BCUT2D eigenvalue weighted by atomic mass is 10.2.